The van der Waals surface area contributed by atoms with Crippen molar-refractivity contribution in [3.63, 3.8) is 0 Å². The number of hydrogen-bond acceptors (Lipinski definition) is 3. The summed E-state index contributed by atoms with van der Waals surface area (Å²) in [5, 5.41) is 5.37. The van der Waals surface area contributed by atoms with Gasteiger partial charge in [0.1, 0.15) is 5.82 Å². The molecule has 0 saturated carbocycles. The molecule has 0 saturated heterocycles. The second-order valence-corrected chi connectivity index (χ2v) is 3.86. The van der Waals surface area contributed by atoms with Crippen LogP contribution in [-0.2, 0) is 9.59 Å². The Labute approximate surface area is 101 Å². The number of nitrogens with zero attached hydrogens (tertiary/aromatic N) is 1. The standard InChI is InChI=1S/C12H17N3O2/c1-4-5-12(17)15-11-6-8(2)10(7-13-11)14-9(3)16/h6-7H,4-5H2,1-3H3,(H,14,16)(H,13,15,17). The summed E-state index contributed by atoms with van der Waals surface area (Å²) < 4.78 is 0. The summed E-state index contributed by atoms with van der Waals surface area (Å²) in [4.78, 5) is 26.3. The van der Waals surface area contributed by atoms with Crippen molar-refractivity contribution in [2.24, 2.45) is 0 Å². The average Bonchev–Trinajstić information content (AvgIpc) is 2.22. The SMILES string of the molecule is CCCC(=O)Nc1cc(C)c(NC(C)=O)cn1. The quantitative estimate of drug-likeness (QED) is 0.839. The van der Waals surface area contributed by atoms with Crippen LogP contribution in [0.5, 0.6) is 0 Å². The van der Waals surface area contributed by atoms with E-state index >= 15 is 0 Å². The summed E-state index contributed by atoms with van der Waals surface area (Å²) in [5.41, 5.74) is 1.52. The molecule has 17 heavy (non-hydrogen) atoms. The smallest absolute Gasteiger partial charge is 0.225 e. The third-order valence-electron chi connectivity index (χ3n) is 2.17. The Morgan fingerprint density at radius 1 is 1.35 bits per heavy atom. The first-order valence-corrected chi connectivity index (χ1v) is 5.57. The first kappa shape index (κ1) is 13.2. The number of amides is 2. The Bertz CT molecular complexity index is 430. The van der Waals surface area contributed by atoms with Crippen LogP contribution < -0.4 is 10.6 Å². The lowest BCUT2D eigenvalue weighted by molar-refractivity contribution is -0.116. The number of anilines is 2. The van der Waals surface area contributed by atoms with Gasteiger partial charge in [0.2, 0.25) is 11.8 Å². The predicted octanol–water partition coefficient (Wildman–Crippen LogP) is 2.09. The van der Waals surface area contributed by atoms with E-state index in [0.29, 0.717) is 17.9 Å². The number of rotatable bonds is 4. The normalized spacial score (nSPS) is 9.82. The van der Waals surface area contributed by atoms with Crippen LogP contribution in [0.1, 0.15) is 32.3 Å². The maximum absolute atomic E-state index is 11.4. The molecule has 1 rings (SSSR count). The van der Waals surface area contributed by atoms with Crippen molar-refractivity contribution in [3.8, 4) is 0 Å². The van der Waals surface area contributed by atoms with Gasteiger partial charge in [-0.3, -0.25) is 9.59 Å². The summed E-state index contributed by atoms with van der Waals surface area (Å²) in [6.45, 7) is 5.23. The lowest BCUT2D eigenvalue weighted by atomic mass is 10.2. The summed E-state index contributed by atoms with van der Waals surface area (Å²) in [6, 6.07) is 1.73. The predicted molar refractivity (Wildman–Crippen MR) is 66.8 cm³/mol. The van der Waals surface area contributed by atoms with Crippen molar-refractivity contribution in [3.05, 3.63) is 17.8 Å². The van der Waals surface area contributed by atoms with Gasteiger partial charge in [-0.1, -0.05) is 6.92 Å². The fraction of sp³-hybridized carbons (Fsp3) is 0.417. The molecule has 0 atom stereocenters. The number of carbonyl (C=O) groups is 2. The Morgan fingerprint density at radius 3 is 2.59 bits per heavy atom. The van der Waals surface area contributed by atoms with Crippen LogP contribution in [0.25, 0.3) is 0 Å². The van der Waals surface area contributed by atoms with Gasteiger partial charge in [0.15, 0.2) is 0 Å². The first-order chi connectivity index (χ1) is 8.02. The minimum Gasteiger partial charge on any atom is -0.325 e. The molecular weight excluding hydrogens is 218 g/mol. The molecule has 0 unspecified atom stereocenters. The van der Waals surface area contributed by atoms with Crippen molar-refractivity contribution >= 4 is 23.3 Å². The molecule has 5 heteroatoms. The fourth-order valence-electron chi connectivity index (χ4n) is 1.38. The monoisotopic (exact) mass is 235 g/mol. The molecule has 0 aromatic carbocycles. The van der Waals surface area contributed by atoms with Gasteiger partial charge in [-0.15, -0.1) is 0 Å². The van der Waals surface area contributed by atoms with Crippen molar-refractivity contribution in [1.29, 1.82) is 0 Å². The molecule has 2 amide bonds. The molecule has 0 aliphatic heterocycles. The van der Waals surface area contributed by atoms with Crippen LogP contribution in [0.3, 0.4) is 0 Å². The number of pyridine rings is 1. The molecule has 1 aromatic heterocycles. The molecule has 0 fully saturated rings. The van der Waals surface area contributed by atoms with Gasteiger partial charge in [0.25, 0.3) is 0 Å². The van der Waals surface area contributed by atoms with Crippen LogP contribution in [0.15, 0.2) is 12.3 Å². The van der Waals surface area contributed by atoms with Crippen molar-refractivity contribution in [1.82, 2.24) is 4.98 Å². The average molecular weight is 235 g/mol. The van der Waals surface area contributed by atoms with Crippen LogP contribution in [0.4, 0.5) is 11.5 Å². The van der Waals surface area contributed by atoms with E-state index in [2.05, 4.69) is 15.6 Å². The third-order valence-corrected chi connectivity index (χ3v) is 2.17. The number of aromatic nitrogens is 1. The first-order valence-electron chi connectivity index (χ1n) is 5.57. The van der Waals surface area contributed by atoms with Gasteiger partial charge < -0.3 is 10.6 Å². The van der Waals surface area contributed by atoms with E-state index < -0.39 is 0 Å². The lowest BCUT2D eigenvalue weighted by Gasteiger charge is -2.08. The van der Waals surface area contributed by atoms with Crippen molar-refractivity contribution < 1.29 is 9.59 Å². The number of aryl methyl sites for hydroxylation is 1. The zero-order valence-corrected chi connectivity index (χ0v) is 10.3. The molecule has 1 aromatic rings. The summed E-state index contributed by atoms with van der Waals surface area (Å²) in [5.74, 6) is 0.319. The zero-order valence-electron chi connectivity index (χ0n) is 10.3. The highest BCUT2D eigenvalue weighted by atomic mass is 16.2. The topological polar surface area (TPSA) is 71.1 Å². The van der Waals surface area contributed by atoms with Gasteiger partial charge in [-0.05, 0) is 25.0 Å². The van der Waals surface area contributed by atoms with Crippen LogP contribution in [-0.4, -0.2) is 16.8 Å². The fourth-order valence-corrected chi connectivity index (χ4v) is 1.38. The second kappa shape index (κ2) is 5.98. The van der Waals surface area contributed by atoms with Gasteiger partial charge >= 0.3 is 0 Å². The Kier molecular flexibility index (Phi) is 4.63. The van der Waals surface area contributed by atoms with Crippen LogP contribution >= 0.6 is 0 Å². The Balaban J connectivity index is 2.74. The van der Waals surface area contributed by atoms with E-state index in [-0.39, 0.29) is 11.8 Å². The minimum absolute atomic E-state index is 0.0494. The number of nitrogens with one attached hydrogen (secondary N) is 2. The molecule has 1 heterocycles. The summed E-state index contributed by atoms with van der Waals surface area (Å²) >= 11 is 0. The number of carbonyl (C=O) groups excluding carboxylic acids is 2. The van der Waals surface area contributed by atoms with Gasteiger partial charge in [0, 0.05) is 13.3 Å². The highest BCUT2D eigenvalue weighted by Crippen LogP contribution is 2.16. The molecule has 0 aliphatic carbocycles. The molecule has 5 nitrogen and oxygen atoms in total. The molecule has 92 valence electrons. The summed E-state index contributed by atoms with van der Waals surface area (Å²) in [6.07, 6.45) is 2.82. The van der Waals surface area contributed by atoms with Gasteiger partial charge in [-0.25, -0.2) is 4.98 Å². The van der Waals surface area contributed by atoms with E-state index in [4.69, 9.17) is 0 Å². The van der Waals surface area contributed by atoms with E-state index in [1.165, 1.54) is 13.1 Å². The zero-order chi connectivity index (χ0) is 12.8. The molecular formula is C12H17N3O2. The largest absolute Gasteiger partial charge is 0.325 e. The second-order valence-electron chi connectivity index (χ2n) is 3.86. The lowest BCUT2D eigenvalue weighted by Crippen LogP contribution is -2.13. The maximum Gasteiger partial charge on any atom is 0.225 e. The molecule has 0 bridgehead atoms. The maximum atomic E-state index is 11.4. The molecule has 0 spiro atoms. The highest BCUT2D eigenvalue weighted by Gasteiger charge is 2.05. The van der Waals surface area contributed by atoms with Crippen molar-refractivity contribution in [2.75, 3.05) is 10.6 Å². The molecule has 0 radical (unpaired) electrons. The molecule has 2 N–H and O–H groups in total. The highest BCUT2D eigenvalue weighted by molar-refractivity contribution is 5.91. The Morgan fingerprint density at radius 2 is 2.06 bits per heavy atom. The summed E-state index contributed by atoms with van der Waals surface area (Å²) in [7, 11) is 0. The van der Waals surface area contributed by atoms with Crippen LogP contribution in [0.2, 0.25) is 0 Å². The minimum atomic E-state index is -0.141. The molecule has 0 aliphatic rings. The van der Waals surface area contributed by atoms with Gasteiger partial charge in [0.05, 0.1) is 11.9 Å². The van der Waals surface area contributed by atoms with E-state index in [9.17, 15) is 9.59 Å². The van der Waals surface area contributed by atoms with Crippen LogP contribution in [0, 0.1) is 6.92 Å². The van der Waals surface area contributed by atoms with Gasteiger partial charge in [-0.2, -0.15) is 0 Å². The van der Waals surface area contributed by atoms with E-state index in [1.54, 1.807) is 6.07 Å². The third kappa shape index (κ3) is 4.22. The Hall–Kier alpha value is -1.91. The number of hydrogen-bond donors (Lipinski definition) is 2. The van der Waals surface area contributed by atoms with E-state index in [0.717, 1.165) is 12.0 Å². The van der Waals surface area contributed by atoms with Crippen molar-refractivity contribution in [2.45, 2.75) is 33.6 Å². The van der Waals surface area contributed by atoms with E-state index in [1.807, 2.05) is 13.8 Å².